The molecule has 1 spiro atoms. The highest BCUT2D eigenvalue weighted by Gasteiger charge is 2.44. The Morgan fingerprint density at radius 2 is 1.96 bits per heavy atom. The molecule has 27 heavy (non-hydrogen) atoms. The van der Waals surface area contributed by atoms with Gasteiger partial charge in [0.15, 0.2) is 5.78 Å². The van der Waals surface area contributed by atoms with E-state index in [0.717, 1.165) is 16.9 Å². The molecule has 2 aliphatic rings. The first-order valence-corrected chi connectivity index (χ1v) is 9.30. The van der Waals surface area contributed by atoms with Crippen molar-refractivity contribution in [3.05, 3.63) is 59.1 Å². The molecule has 1 aromatic carbocycles. The highest BCUT2D eigenvalue weighted by Crippen LogP contribution is 2.41. The fourth-order valence-corrected chi connectivity index (χ4v) is 3.84. The molecule has 0 N–H and O–H groups in total. The van der Waals surface area contributed by atoms with E-state index in [-0.39, 0.29) is 11.7 Å². The van der Waals surface area contributed by atoms with Crippen LogP contribution in [0, 0.1) is 13.8 Å². The monoisotopic (exact) mass is 365 g/mol. The molecule has 0 unspecified atom stereocenters. The van der Waals surface area contributed by atoms with E-state index in [4.69, 9.17) is 9.15 Å². The lowest BCUT2D eigenvalue weighted by atomic mass is 9.81. The number of amides is 1. The Morgan fingerprint density at radius 3 is 2.67 bits per heavy atom. The summed E-state index contributed by atoms with van der Waals surface area (Å²) in [4.78, 5) is 26.9. The summed E-state index contributed by atoms with van der Waals surface area (Å²) in [6.07, 6.45) is 6.49. The molecule has 5 heteroatoms. The number of hydrogen-bond acceptors (Lipinski definition) is 4. The molecule has 0 bridgehead atoms. The molecular formula is C22H23NO4. The standard InChI is InChI=1S/C22H23NO4/c1-15-5-7-18-19(24)14-22(27-21(18)16(15)2)9-11-23(12-10-22)20(25)8-6-17-4-3-13-26-17/h3-8,13H,9-12,14H2,1-2H3/b8-6+. The maximum atomic E-state index is 12.7. The summed E-state index contributed by atoms with van der Waals surface area (Å²) in [6.45, 7) is 5.18. The van der Waals surface area contributed by atoms with Crippen molar-refractivity contribution < 1.29 is 18.7 Å². The second-order valence-electron chi connectivity index (χ2n) is 7.44. The van der Waals surface area contributed by atoms with Crippen LogP contribution in [0.2, 0.25) is 0 Å². The normalized spacial score (nSPS) is 18.6. The van der Waals surface area contributed by atoms with Crippen LogP contribution in [0.15, 0.2) is 41.0 Å². The van der Waals surface area contributed by atoms with E-state index in [9.17, 15) is 9.59 Å². The lowest BCUT2D eigenvalue weighted by Crippen LogP contribution is -2.52. The highest BCUT2D eigenvalue weighted by molar-refractivity contribution is 6.01. The van der Waals surface area contributed by atoms with Crippen LogP contribution in [-0.2, 0) is 4.79 Å². The summed E-state index contributed by atoms with van der Waals surface area (Å²) >= 11 is 0. The van der Waals surface area contributed by atoms with E-state index < -0.39 is 5.60 Å². The Bertz CT molecular complexity index is 903. The summed E-state index contributed by atoms with van der Waals surface area (Å²) < 4.78 is 11.6. The molecule has 1 amide bonds. The summed E-state index contributed by atoms with van der Waals surface area (Å²) in [5, 5.41) is 0. The fraction of sp³-hybridized carbons (Fsp3) is 0.364. The third-order valence-electron chi connectivity index (χ3n) is 5.70. The third kappa shape index (κ3) is 3.29. The number of piperidine rings is 1. The number of carbonyl (C=O) groups is 2. The van der Waals surface area contributed by atoms with Crippen molar-refractivity contribution in [1.29, 1.82) is 0 Å². The van der Waals surface area contributed by atoms with Gasteiger partial charge in [0.05, 0.1) is 18.2 Å². The van der Waals surface area contributed by atoms with Crippen LogP contribution in [0.5, 0.6) is 5.75 Å². The summed E-state index contributed by atoms with van der Waals surface area (Å²) in [5.74, 6) is 1.47. The quantitative estimate of drug-likeness (QED) is 0.757. The highest BCUT2D eigenvalue weighted by atomic mass is 16.5. The predicted molar refractivity (Wildman–Crippen MR) is 102 cm³/mol. The minimum absolute atomic E-state index is 0.0455. The number of Topliss-reactive ketones (excluding diaryl/α,β-unsaturated/α-hetero) is 1. The smallest absolute Gasteiger partial charge is 0.246 e. The van der Waals surface area contributed by atoms with Gasteiger partial charge in [-0.1, -0.05) is 6.07 Å². The van der Waals surface area contributed by atoms with Crippen LogP contribution in [-0.4, -0.2) is 35.3 Å². The van der Waals surface area contributed by atoms with E-state index in [1.807, 2.05) is 26.0 Å². The maximum Gasteiger partial charge on any atom is 0.246 e. The minimum atomic E-state index is -0.496. The molecule has 2 aliphatic heterocycles. The van der Waals surface area contributed by atoms with Crippen molar-refractivity contribution in [2.75, 3.05) is 13.1 Å². The van der Waals surface area contributed by atoms with Crippen LogP contribution >= 0.6 is 0 Å². The number of benzene rings is 1. The molecule has 4 rings (SSSR count). The number of fused-ring (bicyclic) bond motifs is 1. The second kappa shape index (κ2) is 6.72. The number of nitrogens with zero attached hydrogens (tertiary/aromatic N) is 1. The Kier molecular flexibility index (Phi) is 4.38. The van der Waals surface area contributed by atoms with E-state index >= 15 is 0 Å². The summed E-state index contributed by atoms with van der Waals surface area (Å²) in [7, 11) is 0. The van der Waals surface area contributed by atoms with E-state index in [2.05, 4.69) is 0 Å². The van der Waals surface area contributed by atoms with Gasteiger partial charge in [-0.15, -0.1) is 0 Å². The third-order valence-corrected chi connectivity index (χ3v) is 5.70. The number of carbonyl (C=O) groups excluding carboxylic acids is 2. The van der Waals surface area contributed by atoms with Crippen LogP contribution in [0.25, 0.3) is 6.08 Å². The molecule has 0 saturated carbocycles. The zero-order valence-corrected chi connectivity index (χ0v) is 15.7. The van der Waals surface area contributed by atoms with E-state index in [0.29, 0.717) is 43.7 Å². The number of rotatable bonds is 2. The van der Waals surface area contributed by atoms with Crippen LogP contribution in [0.4, 0.5) is 0 Å². The maximum absolute atomic E-state index is 12.7. The zero-order chi connectivity index (χ0) is 19.0. The van der Waals surface area contributed by atoms with Crippen molar-refractivity contribution in [3.63, 3.8) is 0 Å². The molecule has 0 atom stereocenters. The van der Waals surface area contributed by atoms with E-state index in [1.165, 1.54) is 6.08 Å². The van der Waals surface area contributed by atoms with Gasteiger partial charge in [0.2, 0.25) is 5.91 Å². The van der Waals surface area contributed by atoms with Gasteiger partial charge in [-0.05, 0) is 49.2 Å². The molecule has 1 aromatic heterocycles. The van der Waals surface area contributed by atoms with Crippen LogP contribution < -0.4 is 4.74 Å². The van der Waals surface area contributed by atoms with E-state index in [1.54, 1.807) is 29.4 Å². The molecule has 2 aromatic rings. The predicted octanol–water partition coefficient (Wildman–Crippen LogP) is 3.94. The number of likely N-dealkylation sites (tertiary alicyclic amines) is 1. The number of aryl methyl sites for hydroxylation is 1. The number of hydrogen-bond donors (Lipinski definition) is 0. The molecule has 0 aliphatic carbocycles. The average molecular weight is 365 g/mol. The molecule has 140 valence electrons. The van der Waals surface area contributed by atoms with Gasteiger partial charge in [-0.25, -0.2) is 0 Å². The lowest BCUT2D eigenvalue weighted by Gasteiger charge is -2.44. The largest absolute Gasteiger partial charge is 0.486 e. The van der Waals surface area contributed by atoms with Gasteiger partial charge in [-0.3, -0.25) is 9.59 Å². The van der Waals surface area contributed by atoms with Crippen LogP contribution in [0.3, 0.4) is 0 Å². The molecular weight excluding hydrogens is 342 g/mol. The molecule has 3 heterocycles. The SMILES string of the molecule is Cc1ccc2c(c1C)OC1(CCN(C(=O)/C=C/c3ccco3)CC1)CC2=O. The van der Waals surface area contributed by atoms with Crippen molar-refractivity contribution in [2.24, 2.45) is 0 Å². The Hall–Kier alpha value is -2.82. The topological polar surface area (TPSA) is 59.8 Å². The van der Waals surface area contributed by atoms with Crippen molar-refractivity contribution >= 4 is 17.8 Å². The molecule has 0 radical (unpaired) electrons. The molecule has 1 fully saturated rings. The Morgan fingerprint density at radius 1 is 1.19 bits per heavy atom. The summed E-state index contributed by atoms with van der Waals surface area (Å²) in [5.41, 5.74) is 2.34. The van der Waals surface area contributed by atoms with Gasteiger partial charge in [0, 0.05) is 32.0 Å². The molecule has 1 saturated heterocycles. The van der Waals surface area contributed by atoms with Crippen molar-refractivity contribution in [2.45, 2.75) is 38.7 Å². The van der Waals surface area contributed by atoms with Gasteiger partial charge < -0.3 is 14.1 Å². The van der Waals surface area contributed by atoms with Crippen LogP contribution in [0.1, 0.15) is 46.5 Å². The van der Waals surface area contributed by atoms with Gasteiger partial charge >= 0.3 is 0 Å². The minimum Gasteiger partial charge on any atom is -0.486 e. The molecule has 5 nitrogen and oxygen atoms in total. The number of ketones is 1. The fourth-order valence-electron chi connectivity index (χ4n) is 3.84. The first-order chi connectivity index (χ1) is 13.0. The Labute approximate surface area is 158 Å². The average Bonchev–Trinajstić information content (AvgIpc) is 3.17. The number of furan rings is 1. The second-order valence-corrected chi connectivity index (χ2v) is 7.44. The van der Waals surface area contributed by atoms with Crippen molar-refractivity contribution in [1.82, 2.24) is 4.90 Å². The summed E-state index contributed by atoms with van der Waals surface area (Å²) in [6, 6.07) is 7.43. The van der Waals surface area contributed by atoms with Gasteiger partial charge in [-0.2, -0.15) is 0 Å². The van der Waals surface area contributed by atoms with Gasteiger partial charge in [0.1, 0.15) is 17.1 Å². The van der Waals surface area contributed by atoms with Crippen molar-refractivity contribution in [3.8, 4) is 5.75 Å². The Balaban J connectivity index is 1.46. The lowest BCUT2D eigenvalue weighted by molar-refractivity contribution is -0.129. The zero-order valence-electron chi connectivity index (χ0n) is 15.7. The first kappa shape index (κ1) is 17.6. The number of ether oxygens (including phenoxy) is 1. The van der Waals surface area contributed by atoms with Gasteiger partial charge in [0.25, 0.3) is 0 Å². The first-order valence-electron chi connectivity index (χ1n) is 9.30.